The molecule has 4 N–H and O–H groups in total. The fourth-order valence-corrected chi connectivity index (χ4v) is 1.71. The molecule has 0 aliphatic heterocycles. The number of fused-ring (bicyclic) bond motifs is 1. The summed E-state index contributed by atoms with van der Waals surface area (Å²) < 4.78 is 0. The number of thioether (sulfide) groups is 1. The molecule has 0 spiro atoms. The van der Waals surface area contributed by atoms with E-state index in [1.807, 2.05) is 0 Å². The zero-order chi connectivity index (χ0) is 10.8. The molecule has 6 nitrogen and oxygen atoms in total. The Labute approximate surface area is 90.5 Å². The van der Waals surface area contributed by atoms with Crippen molar-refractivity contribution < 1.29 is 1.43 Å². The second-order valence-corrected chi connectivity index (χ2v) is 3.80. The third-order valence-corrected chi connectivity index (χ3v) is 2.57. The summed E-state index contributed by atoms with van der Waals surface area (Å²) in [7, 11) is 0. The van der Waals surface area contributed by atoms with Crippen molar-refractivity contribution in [1.82, 2.24) is 19.9 Å². The Bertz CT molecular complexity index is 563. The van der Waals surface area contributed by atoms with Crippen LogP contribution in [0.15, 0.2) is 22.6 Å². The molecule has 0 aliphatic rings. The number of rotatable bonds is 3. The minimum Gasteiger partial charge on any atom is -0.369 e. The number of aromatic nitrogens is 4. The van der Waals surface area contributed by atoms with Crippen LogP contribution in [0.2, 0.25) is 0 Å². The van der Waals surface area contributed by atoms with Crippen molar-refractivity contribution in [2.24, 2.45) is 0 Å². The second-order valence-electron chi connectivity index (χ2n) is 2.79. The number of nitrogens with two attached hydrogens (primary N) is 1. The monoisotopic (exact) mass is 225 g/mol. The molecule has 2 aromatic rings. The fraction of sp³-hybridized carbons (Fsp3) is 0.125. The van der Waals surface area contributed by atoms with Gasteiger partial charge >= 0.3 is 0 Å². The van der Waals surface area contributed by atoms with Gasteiger partial charge in [0.1, 0.15) is 0 Å². The minimum atomic E-state index is -0.310. The van der Waals surface area contributed by atoms with Gasteiger partial charge in [-0.15, -0.1) is 6.58 Å². The van der Waals surface area contributed by atoms with Gasteiger partial charge in [0.05, 0.1) is 0 Å². The van der Waals surface area contributed by atoms with Crippen molar-refractivity contribution in [1.29, 1.82) is 0 Å². The third-order valence-electron chi connectivity index (χ3n) is 1.70. The summed E-state index contributed by atoms with van der Waals surface area (Å²) in [6, 6.07) is 0. The number of aromatic amines is 2. The molecule has 80 valence electrons. The number of nitrogen functional groups attached to an aromatic ring is 1. The lowest BCUT2D eigenvalue weighted by Crippen LogP contribution is -2.10. The highest BCUT2D eigenvalue weighted by atomic mass is 32.2. The smallest absolute Gasteiger partial charge is 0.278 e. The van der Waals surface area contributed by atoms with Gasteiger partial charge in [0, 0.05) is 7.18 Å². The van der Waals surface area contributed by atoms with Gasteiger partial charge < -0.3 is 10.7 Å². The number of hydrogen-bond acceptors (Lipinski definition) is 5. The van der Waals surface area contributed by atoms with Crippen LogP contribution < -0.4 is 11.3 Å². The molecule has 0 radical (unpaired) electrons. The van der Waals surface area contributed by atoms with Gasteiger partial charge in [0.25, 0.3) is 5.56 Å². The highest BCUT2D eigenvalue weighted by Gasteiger charge is 2.07. The Hall–Kier alpha value is -1.76. The van der Waals surface area contributed by atoms with Crippen LogP contribution in [-0.4, -0.2) is 25.7 Å². The summed E-state index contributed by atoms with van der Waals surface area (Å²) in [5.41, 5.74) is 5.76. The molecular formula is C8H11N5OS. The van der Waals surface area contributed by atoms with Crippen molar-refractivity contribution in [2.45, 2.75) is 5.16 Å². The van der Waals surface area contributed by atoms with E-state index in [2.05, 4.69) is 26.5 Å². The Morgan fingerprint density at radius 1 is 1.53 bits per heavy atom. The van der Waals surface area contributed by atoms with Crippen LogP contribution in [0.1, 0.15) is 1.43 Å². The number of H-pyrrole nitrogens is 2. The Kier molecular flexibility index (Phi) is 2.46. The van der Waals surface area contributed by atoms with Gasteiger partial charge in [0.15, 0.2) is 16.3 Å². The van der Waals surface area contributed by atoms with Gasteiger partial charge in [-0.2, -0.15) is 4.98 Å². The van der Waals surface area contributed by atoms with Gasteiger partial charge in [-0.3, -0.25) is 9.78 Å². The van der Waals surface area contributed by atoms with E-state index in [0.717, 1.165) is 0 Å². The number of hydrogen-bond donors (Lipinski definition) is 3. The van der Waals surface area contributed by atoms with E-state index in [1.165, 1.54) is 11.8 Å². The molecule has 2 aromatic heterocycles. The summed E-state index contributed by atoms with van der Waals surface area (Å²) in [6.07, 6.45) is 1.75. The van der Waals surface area contributed by atoms with Crippen LogP contribution in [-0.2, 0) is 0 Å². The Balaban J connectivity index is 0.00000128. The van der Waals surface area contributed by atoms with Crippen LogP contribution in [0.5, 0.6) is 0 Å². The van der Waals surface area contributed by atoms with E-state index < -0.39 is 0 Å². The predicted molar refractivity (Wildman–Crippen MR) is 62.0 cm³/mol. The lowest BCUT2D eigenvalue weighted by atomic mass is 10.5. The van der Waals surface area contributed by atoms with Gasteiger partial charge in [-0.1, -0.05) is 17.8 Å². The van der Waals surface area contributed by atoms with E-state index in [9.17, 15) is 4.79 Å². The maximum absolute atomic E-state index is 11.4. The first-order valence-electron chi connectivity index (χ1n) is 4.20. The molecule has 2 heterocycles. The first kappa shape index (κ1) is 9.78. The van der Waals surface area contributed by atoms with Crippen molar-refractivity contribution in [3.05, 3.63) is 23.0 Å². The Morgan fingerprint density at radius 2 is 2.33 bits per heavy atom. The molecule has 2 rings (SSSR count). The number of nitrogens with zero attached hydrogens (tertiary/aromatic N) is 2. The summed E-state index contributed by atoms with van der Waals surface area (Å²) in [4.78, 5) is 24.7. The first-order valence-corrected chi connectivity index (χ1v) is 5.18. The standard InChI is InChI=1S/C8H9N5OS.H2/c1-2-3-15-8-10-4-5(12-8)11-7(9)13-6(4)14;/h2H,1,3H2,(H4,9,10,11,12,13,14);1H. The summed E-state index contributed by atoms with van der Waals surface area (Å²) in [5.74, 6) is 0.784. The summed E-state index contributed by atoms with van der Waals surface area (Å²) >= 11 is 1.44. The molecule has 0 saturated heterocycles. The molecule has 7 heteroatoms. The second kappa shape index (κ2) is 3.77. The number of imidazole rings is 1. The zero-order valence-electron chi connectivity index (χ0n) is 7.78. The van der Waals surface area contributed by atoms with Crippen LogP contribution in [0.25, 0.3) is 11.2 Å². The van der Waals surface area contributed by atoms with E-state index >= 15 is 0 Å². The summed E-state index contributed by atoms with van der Waals surface area (Å²) in [5, 5.41) is 0.633. The average Bonchev–Trinajstić information content (AvgIpc) is 2.57. The van der Waals surface area contributed by atoms with E-state index in [0.29, 0.717) is 22.1 Å². The fourth-order valence-electron chi connectivity index (χ4n) is 1.11. The van der Waals surface area contributed by atoms with Crippen LogP contribution >= 0.6 is 11.8 Å². The molecule has 0 fully saturated rings. The minimum absolute atomic E-state index is 0. The first-order chi connectivity index (χ1) is 7.20. The van der Waals surface area contributed by atoms with Crippen molar-refractivity contribution >= 4 is 28.9 Å². The maximum Gasteiger partial charge on any atom is 0.278 e. The quantitative estimate of drug-likeness (QED) is 0.528. The van der Waals surface area contributed by atoms with Crippen LogP contribution in [0.4, 0.5) is 5.95 Å². The average molecular weight is 225 g/mol. The van der Waals surface area contributed by atoms with Gasteiger partial charge in [-0.05, 0) is 0 Å². The van der Waals surface area contributed by atoms with Crippen LogP contribution in [0, 0.1) is 0 Å². The molecule has 0 saturated carbocycles. The molecule has 0 unspecified atom stereocenters. The van der Waals surface area contributed by atoms with E-state index in [1.54, 1.807) is 6.08 Å². The van der Waals surface area contributed by atoms with Crippen molar-refractivity contribution in [3.63, 3.8) is 0 Å². The number of anilines is 1. The molecule has 0 atom stereocenters. The Morgan fingerprint density at radius 3 is 3.07 bits per heavy atom. The largest absolute Gasteiger partial charge is 0.369 e. The lowest BCUT2D eigenvalue weighted by Gasteiger charge is -1.89. The summed E-state index contributed by atoms with van der Waals surface area (Å²) in [6.45, 7) is 3.60. The molecular weight excluding hydrogens is 214 g/mol. The van der Waals surface area contributed by atoms with E-state index in [-0.39, 0.29) is 12.9 Å². The van der Waals surface area contributed by atoms with E-state index in [4.69, 9.17) is 5.73 Å². The molecule has 0 bridgehead atoms. The molecule has 0 aromatic carbocycles. The number of nitrogens with one attached hydrogen (secondary N) is 2. The normalized spacial score (nSPS) is 10.7. The third kappa shape index (κ3) is 1.86. The van der Waals surface area contributed by atoms with Gasteiger partial charge in [-0.25, -0.2) is 4.98 Å². The SMILES string of the molecule is C=CCSc1nc2nc(N)[nH]c(=O)c2[nH]1.[HH]. The molecule has 0 aliphatic carbocycles. The zero-order valence-corrected chi connectivity index (χ0v) is 8.60. The maximum atomic E-state index is 11.4. The van der Waals surface area contributed by atoms with Crippen molar-refractivity contribution in [2.75, 3.05) is 11.5 Å². The van der Waals surface area contributed by atoms with Crippen molar-refractivity contribution in [3.8, 4) is 0 Å². The predicted octanol–water partition coefficient (Wildman–Crippen LogP) is 0.752. The van der Waals surface area contributed by atoms with Gasteiger partial charge in [0.2, 0.25) is 5.95 Å². The van der Waals surface area contributed by atoms with Crippen LogP contribution in [0.3, 0.4) is 0 Å². The lowest BCUT2D eigenvalue weighted by molar-refractivity contribution is 1.07. The highest BCUT2D eigenvalue weighted by molar-refractivity contribution is 7.99. The topological polar surface area (TPSA) is 100 Å². The molecule has 0 amide bonds. The molecule has 15 heavy (non-hydrogen) atoms. The highest BCUT2D eigenvalue weighted by Crippen LogP contribution is 2.16.